The minimum absolute atomic E-state index is 0.0449. The minimum atomic E-state index is -3.63. The number of benzene rings is 2. The zero-order valence-electron chi connectivity index (χ0n) is 33.9. The SMILES string of the molecule is COc1nn(C)cc1C(=O)NS1(=O)=NC(=O)c2ccc3c(c2)N(C[C@@H]2CC[C@H]2[C@@H](OCCN2CC(OC)C2)/C=C/C[C@H](C)C1)C[C@@]1(CCCc2cc(Cl)ccc21)CO3. The highest BCUT2D eigenvalue weighted by atomic mass is 35.5. The van der Waals surface area contributed by atoms with Crippen molar-refractivity contribution in [1.82, 2.24) is 19.4 Å². The molecule has 1 unspecified atom stereocenters. The van der Waals surface area contributed by atoms with Gasteiger partial charge in [-0.25, -0.2) is 4.21 Å². The highest BCUT2D eigenvalue weighted by Crippen LogP contribution is 2.47. The zero-order valence-corrected chi connectivity index (χ0v) is 35.4. The molecule has 1 spiro atoms. The normalized spacial score (nSPS) is 29.5. The van der Waals surface area contributed by atoms with Gasteiger partial charge < -0.3 is 23.8 Å². The number of carbonyl (C=O) groups is 2. The number of allylic oxidation sites excluding steroid dienone is 1. The number of ether oxygens (including phenoxy) is 4. The Morgan fingerprint density at radius 1 is 1.14 bits per heavy atom. The predicted octanol–water partition coefficient (Wildman–Crippen LogP) is 5.85. The number of carbonyl (C=O) groups excluding carboxylic acids is 2. The van der Waals surface area contributed by atoms with E-state index in [9.17, 15) is 13.8 Å². The Bertz CT molecular complexity index is 2180. The van der Waals surface area contributed by atoms with E-state index in [1.165, 1.54) is 29.1 Å². The molecule has 2 aromatic carbocycles. The first-order valence-electron chi connectivity index (χ1n) is 20.5. The van der Waals surface area contributed by atoms with Gasteiger partial charge in [-0.05, 0) is 97.7 Å². The lowest BCUT2D eigenvalue weighted by Gasteiger charge is -2.46. The van der Waals surface area contributed by atoms with E-state index in [1.54, 1.807) is 20.2 Å². The summed E-state index contributed by atoms with van der Waals surface area (Å²) < 4.78 is 47.4. The van der Waals surface area contributed by atoms with Gasteiger partial charge in [-0.15, -0.1) is 9.46 Å². The largest absolute Gasteiger partial charge is 0.490 e. The molecular formula is C43H55ClN6O7S. The molecule has 3 aromatic rings. The van der Waals surface area contributed by atoms with Gasteiger partial charge in [0.05, 0.1) is 44.0 Å². The number of anilines is 1. The van der Waals surface area contributed by atoms with Crippen molar-refractivity contribution in [3.8, 4) is 11.6 Å². The van der Waals surface area contributed by atoms with Gasteiger partial charge in [0.1, 0.15) is 21.2 Å². The molecule has 0 radical (unpaired) electrons. The van der Waals surface area contributed by atoms with Gasteiger partial charge in [-0.1, -0.05) is 36.7 Å². The number of rotatable bonds is 8. The molecule has 2 amide bonds. The Kier molecular flexibility index (Phi) is 11.9. The lowest BCUT2D eigenvalue weighted by atomic mass is 9.68. The molecule has 58 heavy (non-hydrogen) atoms. The fourth-order valence-electron chi connectivity index (χ4n) is 9.44. The number of amides is 2. The van der Waals surface area contributed by atoms with E-state index in [1.807, 2.05) is 25.1 Å². The van der Waals surface area contributed by atoms with Crippen molar-refractivity contribution in [2.75, 3.05) is 70.8 Å². The number of hydrogen-bond acceptors (Lipinski definition) is 10. The van der Waals surface area contributed by atoms with Gasteiger partial charge in [0.15, 0.2) is 0 Å². The minimum Gasteiger partial charge on any atom is -0.490 e. The number of aryl methyl sites for hydroxylation is 2. The van der Waals surface area contributed by atoms with Crippen LogP contribution in [0.3, 0.4) is 0 Å². The predicted molar refractivity (Wildman–Crippen MR) is 223 cm³/mol. The van der Waals surface area contributed by atoms with E-state index in [2.05, 4.69) is 48.3 Å². The van der Waals surface area contributed by atoms with E-state index >= 15 is 0 Å². The maximum absolute atomic E-state index is 14.8. The second-order valence-electron chi connectivity index (χ2n) is 16.9. The Morgan fingerprint density at radius 2 is 1.98 bits per heavy atom. The number of halogens is 1. The first kappa shape index (κ1) is 40.8. The van der Waals surface area contributed by atoms with E-state index in [0.717, 1.165) is 69.0 Å². The van der Waals surface area contributed by atoms with Crippen LogP contribution in [0.25, 0.3) is 0 Å². The molecule has 1 saturated carbocycles. The lowest BCUT2D eigenvalue weighted by molar-refractivity contribution is -0.0592. The summed E-state index contributed by atoms with van der Waals surface area (Å²) in [4.78, 5) is 32.6. The summed E-state index contributed by atoms with van der Waals surface area (Å²) in [6.45, 7) is 7.16. The number of methoxy groups -OCH3 is 2. The van der Waals surface area contributed by atoms with Gasteiger partial charge in [0.25, 0.3) is 11.8 Å². The molecule has 2 fully saturated rings. The van der Waals surface area contributed by atoms with Crippen LogP contribution in [0.5, 0.6) is 11.6 Å². The maximum Gasteiger partial charge on any atom is 0.286 e. The number of hydrogen-bond donors (Lipinski definition) is 1. The van der Waals surface area contributed by atoms with Crippen LogP contribution in [0, 0.1) is 17.8 Å². The van der Waals surface area contributed by atoms with E-state index in [4.69, 9.17) is 30.5 Å². The van der Waals surface area contributed by atoms with Crippen molar-refractivity contribution < 1.29 is 32.7 Å². The molecule has 1 saturated heterocycles. The quantitative estimate of drug-likeness (QED) is 0.276. The van der Waals surface area contributed by atoms with Crippen LogP contribution >= 0.6 is 11.6 Å². The zero-order chi connectivity index (χ0) is 40.6. The molecule has 4 heterocycles. The second kappa shape index (κ2) is 17.0. The third-order valence-electron chi connectivity index (χ3n) is 12.7. The van der Waals surface area contributed by atoms with Gasteiger partial charge in [-0.2, -0.15) is 0 Å². The molecule has 1 N–H and O–H groups in total. The van der Waals surface area contributed by atoms with Crippen molar-refractivity contribution in [3.63, 3.8) is 0 Å². The molecule has 2 aliphatic carbocycles. The number of nitrogens with one attached hydrogen (secondary N) is 1. The van der Waals surface area contributed by atoms with E-state index in [0.29, 0.717) is 43.8 Å². The smallest absolute Gasteiger partial charge is 0.286 e. The summed E-state index contributed by atoms with van der Waals surface area (Å²) in [7, 11) is 1.20. The highest BCUT2D eigenvalue weighted by Gasteiger charge is 2.45. The Balaban J connectivity index is 1.16. The van der Waals surface area contributed by atoms with Crippen LogP contribution in [-0.2, 0) is 38.3 Å². The van der Waals surface area contributed by atoms with E-state index < -0.39 is 21.7 Å². The first-order valence-corrected chi connectivity index (χ1v) is 22.5. The summed E-state index contributed by atoms with van der Waals surface area (Å²) in [5.41, 5.74) is 3.40. The molecule has 5 aliphatic rings. The van der Waals surface area contributed by atoms with Crippen molar-refractivity contribution >= 4 is 39.0 Å². The number of fused-ring (bicyclic) bond motifs is 4. The van der Waals surface area contributed by atoms with Crippen molar-refractivity contribution in [3.05, 3.63) is 82.0 Å². The maximum atomic E-state index is 14.8. The molecule has 13 nitrogen and oxygen atoms in total. The molecule has 2 bridgehead atoms. The first-order chi connectivity index (χ1) is 27.9. The Morgan fingerprint density at radius 3 is 2.76 bits per heavy atom. The van der Waals surface area contributed by atoms with Crippen LogP contribution in [0.4, 0.5) is 5.69 Å². The number of nitrogens with zero attached hydrogens (tertiary/aromatic N) is 5. The van der Waals surface area contributed by atoms with Crippen LogP contribution in [0.2, 0.25) is 5.02 Å². The molecule has 1 aromatic heterocycles. The van der Waals surface area contributed by atoms with Gasteiger partial charge in [-0.3, -0.25) is 23.9 Å². The average Bonchev–Trinajstić information content (AvgIpc) is 3.48. The standard InChI is InChI=1S/C43H55ClN6O7S/c1-28-7-5-9-38(56-18-17-49-22-33(23-49)54-3)34-13-10-31(34)21-50-26-43(16-6-8-29-19-32(44)12-14-36(29)43)27-57-39-15-11-30(20-37(39)50)40(51)46-58(53,25-28)47-41(52)35-24-48(2)45-42(35)55-4/h5,9,11-12,14-15,19-20,24,28,31,33-34,38H,6-8,10,13,16-18,21-23,25-27H2,1-4H3,(H,46,47,51,52,53)/b9-5+/t28-,31-,34+,38-,43-,58?/m0/s1. The number of aromatic nitrogens is 2. The summed E-state index contributed by atoms with van der Waals surface area (Å²) in [6.07, 6.45) is 11.6. The van der Waals surface area contributed by atoms with Crippen LogP contribution < -0.4 is 19.1 Å². The topological polar surface area (TPSA) is 137 Å². The fraction of sp³-hybridized carbons (Fsp3) is 0.558. The summed E-state index contributed by atoms with van der Waals surface area (Å²) >= 11 is 6.51. The molecule has 3 aliphatic heterocycles. The fourth-order valence-corrected chi connectivity index (χ4v) is 11.5. The molecule has 6 atom stereocenters. The summed E-state index contributed by atoms with van der Waals surface area (Å²) in [6, 6.07) is 11.6. The second-order valence-corrected chi connectivity index (χ2v) is 19.3. The Labute approximate surface area is 346 Å². The summed E-state index contributed by atoms with van der Waals surface area (Å²) in [5.74, 6) is -0.194. The monoisotopic (exact) mass is 834 g/mol. The molecular weight excluding hydrogens is 780 g/mol. The van der Waals surface area contributed by atoms with Crippen molar-refractivity contribution in [1.29, 1.82) is 0 Å². The Hall–Kier alpha value is -3.95. The van der Waals surface area contributed by atoms with Crippen molar-refractivity contribution in [2.45, 2.75) is 63.1 Å². The van der Waals surface area contributed by atoms with Crippen LogP contribution in [-0.4, -0.2) is 109 Å². The van der Waals surface area contributed by atoms with Gasteiger partial charge >= 0.3 is 0 Å². The van der Waals surface area contributed by atoms with Gasteiger partial charge in [0, 0.05) is 69.1 Å². The van der Waals surface area contributed by atoms with Crippen LogP contribution in [0.1, 0.15) is 70.9 Å². The van der Waals surface area contributed by atoms with Crippen molar-refractivity contribution in [2.24, 2.45) is 29.2 Å². The van der Waals surface area contributed by atoms with Gasteiger partial charge in [0.2, 0.25) is 5.88 Å². The lowest BCUT2D eigenvalue weighted by Crippen LogP contribution is -2.53. The summed E-state index contributed by atoms with van der Waals surface area (Å²) in [5, 5.41) is 4.91. The third kappa shape index (κ3) is 8.54. The third-order valence-corrected chi connectivity index (χ3v) is 14.9. The van der Waals surface area contributed by atoms with E-state index in [-0.39, 0.29) is 46.3 Å². The number of likely N-dealkylation sites (tertiary alicyclic amines) is 1. The van der Waals surface area contributed by atoms with Crippen LogP contribution in [0.15, 0.2) is 59.1 Å². The highest BCUT2D eigenvalue weighted by molar-refractivity contribution is 7.92. The molecule has 8 rings (SSSR count). The molecule has 15 heteroatoms. The molecule has 312 valence electrons. The average molecular weight is 835 g/mol.